The first-order chi connectivity index (χ1) is 10.3. The molecule has 1 N–H and O–H groups in total. The van der Waals surface area contributed by atoms with E-state index in [-0.39, 0.29) is 18.8 Å². The largest absolute Gasteiger partial charge is 0.466 e. The van der Waals surface area contributed by atoms with Crippen molar-refractivity contribution in [3.63, 3.8) is 0 Å². The van der Waals surface area contributed by atoms with E-state index >= 15 is 0 Å². The highest BCUT2D eigenvalue weighted by Gasteiger charge is 2.60. The van der Waals surface area contributed by atoms with Gasteiger partial charge in [-0.05, 0) is 17.2 Å². The molecule has 2 aliphatic heterocycles. The molecule has 0 unspecified atom stereocenters. The molecule has 1 saturated heterocycles. The van der Waals surface area contributed by atoms with Crippen molar-refractivity contribution in [1.82, 2.24) is 0 Å². The minimum Gasteiger partial charge on any atom is -0.466 e. The average Bonchev–Trinajstić information content (AvgIpc) is 2.88. The number of aliphatic hydroxyl groups excluding tert-OH is 1. The summed E-state index contributed by atoms with van der Waals surface area (Å²) in [4.78, 5) is 0. The Bertz CT molecular complexity index is 624. The summed E-state index contributed by atoms with van der Waals surface area (Å²) in [6.45, 7) is -0.0873. The van der Waals surface area contributed by atoms with E-state index in [1.54, 1.807) is 0 Å². The Morgan fingerprint density at radius 3 is 2.00 bits per heavy atom. The maximum absolute atomic E-state index is 9.29. The maximum Gasteiger partial charge on any atom is 0.210 e. The highest BCUT2D eigenvalue weighted by Crippen LogP contribution is 2.55. The first kappa shape index (κ1) is 12.6. The van der Waals surface area contributed by atoms with Crippen LogP contribution in [0.3, 0.4) is 0 Å². The highest BCUT2D eigenvalue weighted by molar-refractivity contribution is 5.42. The fourth-order valence-corrected chi connectivity index (χ4v) is 3.29. The van der Waals surface area contributed by atoms with Gasteiger partial charge in [-0.2, -0.15) is 0 Å². The number of ether oxygens (including phenoxy) is 2. The molecule has 2 aromatic rings. The second-order valence-electron chi connectivity index (χ2n) is 5.39. The lowest BCUT2D eigenvalue weighted by molar-refractivity contribution is -0.306. The summed E-state index contributed by atoms with van der Waals surface area (Å²) in [5.74, 6) is 0.684. The highest BCUT2D eigenvalue weighted by atomic mass is 16.7. The summed E-state index contributed by atoms with van der Waals surface area (Å²) >= 11 is 0. The Hall–Kier alpha value is -2.10. The van der Waals surface area contributed by atoms with E-state index in [9.17, 15) is 5.11 Å². The standard InChI is InChI=1S/C18H16O3/c19-12-15-11-16-17(20-15)21-18(16,13-7-3-1-4-8-13)14-9-5-2-6-10-14/h1-11,16-17,19H,12H2/t16-,17-/m0/s1. The number of hydrogen-bond donors (Lipinski definition) is 1. The lowest BCUT2D eigenvalue weighted by Crippen LogP contribution is -2.56. The van der Waals surface area contributed by atoms with Crippen molar-refractivity contribution in [2.24, 2.45) is 5.92 Å². The minimum absolute atomic E-state index is 0.0873. The Kier molecular flexibility index (Phi) is 2.84. The third-order valence-electron chi connectivity index (χ3n) is 4.26. The fourth-order valence-electron chi connectivity index (χ4n) is 3.29. The monoisotopic (exact) mass is 280 g/mol. The molecule has 0 aliphatic carbocycles. The second kappa shape index (κ2) is 4.72. The summed E-state index contributed by atoms with van der Waals surface area (Å²) in [6.07, 6.45) is 1.70. The molecule has 2 heterocycles. The summed E-state index contributed by atoms with van der Waals surface area (Å²) in [7, 11) is 0. The lowest BCUT2D eigenvalue weighted by Gasteiger charge is -2.51. The van der Waals surface area contributed by atoms with Gasteiger partial charge in [0.25, 0.3) is 0 Å². The van der Waals surface area contributed by atoms with Crippen molar-refractivity contribution in [1.29, 1.82) is 0 Å². The molecular weight excluding hydrogens is 264 g/mol. The van der Waals surface area contributed by atoms with Crippen molar-refractivity contribution < 1.29 is 14.6 Å². The molecule has 0 saturated carbocycles. The topological polar surface area (TPSA) is 38.7 Å². The zero-order valence-corrected chi connectivity index (χ0v) is 11.5. The van der Waals surface area contributed by atoms with Crippen LogP contribution in [-0.2, 0) is 15.1 Å². The molecule has 0 aromatic heterocycles. The molecule has 4 rings (SSSR count). The Morgan fingerprint density at radius 2 is 1.48 bits per heavy atom. The van der Waals surface area contributed by atoms with Gasteiger partial charge in [0, 0.05) is 0 Å². The van der Waals surface area contributed by atoms with Crippen molar-refractivity contribution >= 4 is 0 Å². The van der Waals surface area contributed by atoms with E-state index in [4.69, 9.17) is 9.47 Å². The molecular formula is C18H16O3. The SMILES string of the molecule is OCC1=C[C@H]2[C@@H](O1)OC2(c1ccccc1)c1ccccc1. The summed E-state index contributed by atoms with van der Waals surface area (Å²) in [5, 5.41) is 9.29. The van der Waals surface area contributed by atoms with E-state index in [0.717, 1.165) is 11.1 Å². The first-order valence-electron chi connectivity index (χ1n) is 7.11. The van der Waals surface area contributed by atoms with Gasteiger partial charge >= 0.3 is 0 Å². The van der Waals surface area contributed by atoms with Crippen LogP contribution in [0.4, 0.5) is 0 Å². The van der Waals surface area contributed by atoms with Crippen LogP contribution in [0.1, 0.15) is 11.1 Å². The Morgan fingerprint density at radius 1 is 0.905 bits per heavy atom. The third kappa shape index (κ3) is 1.75. The predicted octanol–water partition coefficient (Wildman–Crippen LogP) is 2.81. The molecule has 2 aromatic carbocycles. The van der Waals surface area contributed by atoms with Gasteiger partial charge in [-0.15, -0.1) is 0 Å². The zero-order valence-electron chi connectivity index (χ0n) is 11.5. The number of hydrogen-bond acceptors (Lipinski definition) is 3. The summed E-state index contributed by atoms with van der Waals surface area (Å²) < 4.78 is 11.8. The van der Waals surface area contributed by atoms with Gasteiger partial charge in [-0.3, -0.25) is 0 Å². The molecule has 2 aliphatic rings. The van der Waals surface area contributed by atoms with Crippen LogP contribution in [0.2, 0.25) is 0 Å². The molecule has 0 spiro atoms. The summed E-state index contributed by atoms with van der Waals surface area (Å²) in [6, 6.07) is 20.4. The normalized spacial score (nSPS) is 25.5. The van der Waals surface area contributed by atoms with E-state index in [1.165, 1.54) is 0 Å². The smallest absolute Gasteiger partial charge is 0.210 e. The van der Waals surface area contributed by atoms with Crippen LogP contribution < -0.4 is 0 Å². The van der Waals surface area contributed by atoms with Gasteiger partial charge in [0.05, 0.1) is 5.92 Å². The van der Waals surface area contributed by atoms with Gasteiger partial charge in [0.1, 0.15) is 18.0 Å². The molecule has 1 fully saturated rings. The number of rotatable bonds is 3. The minimum atomic E-state index is -0.524. The van der Waals surface area contributed by atoms with Gasteiger partial charge in [-0.25, -0.2) is 0 Å². The van der Waals surface area contributed by atoms with Crippen LogP contribution in [0.15, 0.2) is 72.5 Å². The van der Waals surface area contributed by atoms with Gasteiger partial charge in [0.15, 0.2) is 0 Å². The van der Waals surface area contributed by atoms with E-state index in [0.29, 0.717) is 5.76 Å². The molecule has 3 nitrogen and oxygen atoms in total. The average molecular weight is 280 g/mol. The molecule has 0 radical (unpaired) electrons. The molecule has 0 bridgehead atoms. The lowest BCUT2D eigenvalue weighted by atomic mass is 9.71. The van der Waals surface area contributed by atoms with Crippen molar-refractivity contribution in [3.05, 3.63) is 83.6 Å². The zero-order chi connectivity index (χ0) is 14.3. The molecule has 21 heavy (non-hydrogen) atoms. The van der Waals surface area contributed by atoms with E-state index in [1.807, 2.05) is 42.5 Å². The fraction of sp³-hybridized carbons (Fsp3) is 0.222. The quantitative estimate of drug-likeness (QED) is 0.939. The van der Waals surface area contributed by atoms with Crippen LogP contribution in [0.5, 0.6) is 0 Å². The Labute approximate surface area is 123 Å². The van der Waals surface area contributed by atoms with Crippen LogP contribution in [0.25, 0.3) is 0 Å². The van der Waals surface area contributed by atoms with Crippen molar-refractivity contribution in [2.75, 3.05) is 6.61 Å². The third-order valence-corrected chi connectivity index (χ3v) is 4.26. The van der Waals surface area contributed by atoms with Crippen LogP contribution >= 0.6 is 0 Å². The van der Waals surface area contributed by atoms with Crippen LogP contribution in [-0.4, -0.2) is 18.0 Å². The van der Waals surface area contributed by atoms with Crippen molar-refractivity contribution in [2.45, 2.75) is 11.9 Å². The number of aliphatic hydroxyl groups is 1. The maximum atomic E-state index is 9.29. The number of benzene rings is 2. The molecule has 3 heteroatoms. The van der Waals surface area contributed by atoms with Gasteiger partial charge in [-0.1, -0.05) is 60.7 Å². The number of fused-ring (bicyclic) bond motifs is 1. The molecule has 0 amide bonds. The second-order valence-corrected chi connectivity index (χ2v) is 5.39. The van der Waals surface area contributed by atoms with Crippen molar-refractivity contribution in [3.8, 4) is 0 Å². The first-order valence-corrected chi connectivity index (χ1v) is 7.11. The van der Waals surface area contributed by atoms with E-state index in [2.05, 4.69) is 24.3 Å². The Balaban J connectivity index is 1.84. The van der Waals surface area contributed by atoms with Gasteiger partial charge in [0.2, 0.25) is 6.29 Å². The molecule has 106 valence electrons. The van der Waals surface area contributed by atoms with Gasteiger partial charge < -0.3 is 14.6 Å². The predicted molar refractivity (Wildman–Crippen MR) is 78.3 cm³/mol. The molecule has 2 atom stereocenters. The van der Waals surface area contributed by atoms with E-state index < -0.39 is 5.60 Å². The summed E-state index contributed by atoms with van der Waals surface area (Å²) in [5.41, 5.74) is 1.69. The van der Waals surface area contributed by atoms with Crippen LogP contribution in [0, 0.1) is 5.92 Å².